The summed E-state index contributed by atoms with van der Waals surface area (Å²) >= 11 is 0. The highest BCUT2D eigenvalue weighted by Gasteiger charge is 2.26. The number of carboxylic acid groups (broad SMARTS) is 1. The van der Waals surface area contributed by atoms with Crippen molar-refractivity contribution in [2.75, 3.05) is 17.2 Å². The average Bonchev–Trinajstić information content (AvgIpc) is 3.20. The molecule has 2 heterocycles. The summed E-state index contributed by atoms with van der Waals surface area (Å²) in [5, 5.41) is 8.24. The van der Waals surface area contributed by atoms with Gasteiger partial charge in [0.1, 0.15) is 11.4 Å². The van der Waals surface area contributed by atoms with Crippen LogP contribution in [0.4, 0.5) is 11.4 Å². The fraction of sp³-hybridized carbons (Fsp3) is 0.263. The van der Waals surface area contributed by atoms with E-state index >= 15 is 0 Å². The number of benzene rings is 1. The Balaban J connectivity index is 0.000000255. The van der Waals surface area contributed by atoms with Gasteiger partial charge >= 0.3 is 5.97 Å². The standard InChI is InChI=1S/C14H15N3O2.C5H6N2O2.ClH/c15-6-8-1-2-9-3-4-17(7-10(9)5-8)12-11(16)13(18)14(12)19;8-5(9)1-4-2-6-3-7-4;/h1-2,5H,3-4,6-7,15-16H2;2-3H,1H2,(H,6,7)(H,8,9);1H. The number of aliphatic carboxylic acids is 1. The highest BCUT2D eigenvalue weighted by molar-refractivity contribution is 5.85. The smallest absolute Gasteiger partial charge is 0.309 e. The van der Waals surface area contributed by atoms with Gasteiger partial charge in [-0.2, -0.15) is 0 Å². The Labute approximate surface area is 172 Å². The molecular formula is C19H22ClN5O4. The van der Waals surface area contributed by atoms with E-state index in [0.717, 1.165) is 17.5 Å². The first-order valence-corrected chi connectivity index (χ1v) is 8.74. The van der Waals surface area contributed by atoms with Gasteiger partial charge in [0.25, 0.3) is 10.9 Å². The summed E-state index contributed by atoms with van der Waals surface area (Å²) in [6, 6.07) is 6.17. The maximum Gasteiger partial charge on any atom is 0.309 e. The third-order valence-electron chi connectivity index (χ3n) is 4.65. The second-order valence-corrected chi connectivity index (χ2v) is 6.55. The van der Waals surface area contributed by atoms with Gasteiger partial charge in [-0.15, -0.1) is 12.4 Å². The van der Waals surface area contributed by atoms with E-state index in [0.29, 0.717) is 31.0 Å². The minimum atomic E-state index is -0.848. The van der Waals surface area contributed by atoms with Crippen LogP contribution in [-0.4, -0.2) is 27.6 Å². The number of fused-ring (bicyclic) bond motifs is 1. The van der Waals surface area contributed by atoms with Crippen LogP contribution in [0.1, 0.15) is 22.4 Å². The number of imidazole rings is 1. The summed E-state index contributed by atoms with van der Waals surface area (Å²) in [5.41, 5.74) is 14.8. The SMILES string of the molecule is Cl.NCc1ccc2c(c1)CN(c1c(N)c(=O)c1=O)CC2.O=C(O)Cc1cnc[nH]1. The molecule has 2 aromatic carbocycles. The number of nitrogens with two attached hydrogens (primary N) is 2. The van der Waals surface area contributed by atoms with Crippen LogP contribution in [-0.2, 0) is 30.7 Å². The minimum Gasteiger partial charge on any atom is -0.481 e. The second kappa shape index (κ2) is 9.35. The Kier molecular flexibility index (Phi) is 7.13. The number of halogens is 1. The van der Waals surface area contributed by atoms with E-state index in [-0.39, 0.29) is 24.5 Å². The zero-order valence-corrected chi connectivity index (χ0v) is 16.4. The maximum atomic E-state index is 11.6. The second-order valence-electron chi connectivity index (χ2n) is 6.55. The van der Waals surface area contributed by atoms with Gasteiger partial charge in [0.15, 0.2) is 0 Å². The molecule has 0 saturated heterocycles. The van der Waals surface area contributed by atoms with Crippen LogP contribution in [0.5, 0.6) is 0 Å². The van der Waals surface area contributed by atoms with Gasteiger partial charge in [0.2, 0.25) is 0 Å². The molecule has 29 heavy (non-hydrogen) atoms. The third kappa shape index (κ3) is 4.82. The Morgan fingerprint density at radius 3 is 2.59 bits per heavy atom. The highest BCUT2D eigenvalue weighted by Crippen LogP contribution is 2.26. The maximum absolute atomic E-state index is 11.6. The van der Waals surface area contributed by atoms with Crippen LogP contribution in [0.15, 0.2) is 40.3 Å². The van der Waals surface area contributed by atoms with E-state index < -0.39 is 16.8 Å². The van der Waals surface area contributed by atoms with E-state index in [1.54, 1.807) is 0 Å². The summed E-state index contributed by atoms with van der Waals surface area (Å²) in [7, 11) is 0. The number of rotatable bonds is 4. The topological polar surface area (TPSA) is 155 Å². The predicted molar refractivity (Wildman–Crippen MR) is 112 cm³/mol. The predicted octanol–water partition coefficient (Wildman–Crippen LogP) is 0.345. The van der Waals surface area contributed by atoms with Crippen molar-refractivity contribution in [3.05, 3.63) is 73.6 Å². The molecule has 3 aromatic rings. The summed E-state index contributed by atoms with van der Waals surface area (Å²) in [6.45, 7) is 1.82. The molecule has 0 saturated carbocycles. The zero-order chi connectivity index (χ0) is 20.3. The largest absolute Gasteiger partial charge is 0.481 e. The number of carbonyl (C=O) groups is 1. The lowest BCUT2D eigenvalue weighted by molar-refractivity contribution is -0.136. The van der Waals surface area contributed by atoms with Crippen molar-refractivity contribution < 1.29 is 9.90 Å². The summed E-state index contributed by atoms with van der Waals surface area (Å²) in [5.74, 6) is -0.848. The van der Waals surface area contributed by atoms with Crippen molar-refractivity contribution in [2.45, 2.75) is 25.9 Å². The highest BCUT2D eigenvalue weighted by atomic mass is 35.5. The molecule has 0 spiro atoms. The molecule has 0 amide bonds. The minimum absolute atomic E-state index is 0. The van der Waals surface area contributed by atoms with Crippen molar-refractivity contribution in [2.24, 2.45) is 5.73 Å². The first-order chi connectivity index (χ1) is 13.4. The number of nitrogens with zero attached hydrogens (tertiary/aromatic N) is 2. The van der Waals surface area contributed by atoms with Gasteiger partial charge < -0.3 is 26.5 Å². The molecular weight excluding hydrogens is 398 g/mol. The lowest BCUT2D eigenvalue weighted by atomic mass is 9.96. The Morgan fingerprint density at radius 2 is 2.00 bits per heavy atom. The lowest BCUT2D eigenvalue weighted by Crippen LogP contribution is -2.44. The number of hydrogen-bond acceptors (Lipinski definition) is 7. The van der Waals surface area contributed by atoms with Crippen LogP contribution in [0.3, 0.4) is 0 Å². The van der Waals surface area contributed by atoms with Gasteiger partial charge in [-0.1, -0.05) is 18.2 Å². The van der Waals surface area contributed by atoms with Gasteiger partial charge in [0.05, 0.1) is 12.7 Å². The Morgan fingerprint density at radius 1 is 1.24 bits per heavy atom. The number of hydrogen-bond donors (Lipinski definition) is 4. The van der Waals surface area contributed by atoms with Gasteiger partial charge in [-0.05, 0) is 23.1 Å². The number of H-pyrrole nitrogens is 1. The molecule has 6 N–H and O–H groups in total. The first-order valence-electron chi connectivity index (χ1n) is 8.74. The van der Waals surface area contributed by atoms with Crippen molar-refractivity contribution >= 4 is 29.8 Å². The van der Waals surface area contributed by atoms with E-state index in [9.17, 15) is 14.4 Å². The number of aromatic nitrogens is 2. The molecule has 0 bridgehead atoms. The Bertz CT molecular complexity index is 1060. The first kappa shape index (κ1) is 22.1. The number of aromatic amines is 1. The van der Waals surface area contributed by atoms with Crippen molar-refractivity contribution in [3.8, 4) is 0 Å². The molecule has 4 rings (SSSR count). The lowest BCUT2D eigenvalue weighted by Gasteiger charge is -2.31. The van der Waals surface area contributed by atoms with Crippen LogP contribution in [0.25, 0.3) is 0 Å². The van der Waals surface area contributed by atoms with Crippen molar-refractivity contribution in [1.29, 1.82) is 0 Å². The third-order valence-corrected chi connectivity index (χ3v) is 4.65. The fourth-order valence-corrected chi connectivity index (χ4v) is 3.18. The van der Waals surface area contributed by atoms with E-state index in [1.165, 1.54) is 18.1 Å². The van der Waals surface area contributed by atoms with Gasteiger partial charge in [-0.3, -0.25) is 14.4 Å². The fourth-order valence-electron chi connectivity index (χ4n) is 3.18. The molecule has 1 aliphatic rings. The summed E-state index contributed by atoms with van der Waals surface area (Å²) in [4.78, 5) is 41.0. The summed E-state index contributed by atoms with van der Waals surface area (Å²) in [6.07, 6.45) is 3.81. The average molecular weight is 420 g/mol. The van der Waals surface area contributed by atoms with Gasteiger partial charge in [0, 0.05) is 31.5 Å². The molecule has 0 fully saturated rings. The van der Waals surface area contributed by atoms with Gasteiger partial charge in [-0.25, -0.2) is 4.98 Å². The number of nitrogen functional groups attached to an aromatic ring is 1. The molecule has 1 aromatic heterocycles. The number of carboxylic acids is 1. The molecule has 0 radical (unpaired) electrons. The molecule has 10 heteroatoms. The van der Waals surface area contributed by atoms with Crippen LogP contribution >= 0.6 is 12.4 Å². The number of anilines is 2. The number of nitrogens with one attached hydrogen (secondary N) is 1. The van der Waals surface area contributed by atoms with E-state index in [4.69, 9.17) is 16.6 Å². The monoisotopic (exact) mass is 419 g/mol. The van der Waals surface area contributed by atoms with Crippen molar-refractivity contribution in [1.82, 2.24) is 9.97 Å². The molecule has 0 unspecified atom stereocenters. The molecule has 0 aliphatic carbocycles. The van der Waals surface area contributed by atoms with E-state index in [1.807, 2.05) is 11.0 Å². The summed E-state index contributed by atoms with van der Waals surface area (Å²) < 4.78 is 0. The van der Waals surface area contributed by atoms with Crippen LogP contribution in [0.2, 0.25) is 0 Å². The van der Waals surface area contributed by atoms with Crippen LogP contribution in [0, 0.1) is 0 Å². The van der Waals surface area contributed by atoms with E-state index in [2.05, 4.69) is 22.1 Å². The normalized spacial score (nSPS) is 12.5. The molecule has 154 valence electrons. The van der Waals surface area contributed by atoms with Crippen molar-refractivity contribution in [3.63, 3.8) is 0 Å². The quantitative estimate of drug-likeness (QED) is 0.441. The van der Waals surface area contributed by atoms with Crippen LogP contribution < -0.4 is 27.2 Å². The zero-order valence-electron chi connectivity index (χ0n) is 15.6. The Hall–Kier alpha value is -3.17. The molecule has 0 atom stereocenters. The molecule has 1 aliphatic heterocycles. The molecule has 9 nitrogen and oxygen atoms in total.